The Hall–Kier alpha value is -1.92. The van der Waals surface area contributed by atoms with Gasteiger partial charge in [0.15, 0.2) is 0 Å². The molecule has 18 heavy (non-hydrogen) atoms. The van der Waals surface area contributed by atoms with Crippen molar-refractivity contribution < 1.29 is 0 Å². The van der Waals surface area contributed by atoms with Gasteiger partial charge in [0, 0.05) is 15.6 Å². The second-order valence-electron chi connectivity index (χ2n) is 3.49. The van der Waals surface area contributed by atoms with Crippen molar-refractivity contribution in [3.8, 4) is 11.4 Å². The van der Waals surface area contributed by atoms with E-state index in [1.54, 1.807) is 22.7 Å². The Labute approximate surface area is 109 Å². The van der Waals surface area contributed by atoms with Gasteiger partial charge in [-0.3, -0.25) is 14.6 Å². The van der Waals surface area contributed by atoms with Crippen molar-refractivity contribution in [2.75, 3.05) is 0 Å². The first kappa shape index (κ1) is 11.2. The van der Waals surface area contributed by atoms with Crippen molar-refractivity contribution in [3.05, 3.63) is 55.7 Å². The Morgan fingerprint density at radius 2 is 1.61 bits per heavy atom. The molecule has 2 aliphatic rings. The third-order valence-corrected chi connectivity index (χ3v) is 4.28. The Morgan fingerprint density at radius 3 is 2.22 bits per heavy atom. The molecule has 2 aromatic heterocycles. The van der Waals surface area contributed by atoms with E-state index in [0.29, 0.717) is 5.69 Å². The van der Waals surface area contributed by atoms with Crippen molar-refractivity contribution in [1.29, 1.82) is 0 Å². The van der Waals surface area contributed by atoms with Gasteiger partial charge in [-0.2, -0.15) is 0 Å². The highest BCUT2D eigenvalue weighted by Crippen LogP contribution is 2.25. The predicted molar refractivity (Wildman–Crippen MR) is 73.3 cm³/mol. The molecular formula is C12H6N2O2S2. The summed E-state index contributed by atoms with van der Waals surface area (Å²) in [6, 6.07) is 5.85. The molecule has 2 aliphatic heterocycles. The summed E-state index contributed by atoms with van der Waals surface area (Å²) in [7, 11) is 0. The molecule has 4 rings (SSSR count). The predicted octanol–water partition coefficient (Wildman–Crippen LogP) is 2.14. The van der Waals surface area contributed by atoms with E-state index in [4.69, 9.17) is 0 Å². The number of thiophene rings is 2. The van der Waals surface area contributed by atoms with Crippen LogP contribution in [0.2, 0.25) is 0 Å². The maximum atomic E-state index is 10.8. The second kappa shape index (κ2) is 4.40. The molecule has 0 radical (unpaired) electrons. The van der Waals surface area contributed by atoms with Crippen LogP contribution in [0, 0.1) is 0 Å². The van der Waals surface area contributed by atoms with Gasteiger partial charge >= 0.3 is 5.56 Å². The number of fused-ring (bicyclic) bond motifs is 2. The quantitative estimate of drug-likeness (QED) is 0.461. The molecule has 0 saturated carbocycles. The van der Waals surface area contributed by atoms with Crippen LogP contribution >= 0.6 is 22.7 Å². The number of aromatic nitrogens is 2. The Kier molecular flexibility index (Phi) is 2.73. The van der Waals surface area contributed by atoms with Crippen LogP contribution in [0.3, 0.4) is 0 Å². The lowest BCUT2D eigenvalue weighted by atomic mass is 10.4. The van der Waals surface area contributed by atoms with Crippen molar-refractivity contribution >= 4 is 32.1 Å². The summed E-state index contributed by atoms with van der Waals surface area (Å²) >= 11 is 3.61. The fourth-order valence-electron chi connectivity index (χ4n) is 1.55. The molecule has 0 aliphatic carbocycles. The van der Waals surface area contributed by atoms with E-state index in [0.717, 1.165) is 0 Å². The van der Waals surface area contributed by atoms with E-state index < -0.39 is 11.0 Å². The van der Waals surface area contributed by atoms with Gasteiger partial charge in [0.1, 0.15) is 5.69 Å². The lowest BCUT2D eigenvalue weighted by molar-refractivity contribution is 1.30. The minimum absolute atomic E-state index is 0.185. The lowest BCUT2D eigenvalue weighted by Crippen LogP contribution is -2.19. The zero-order valence-electron chi connectivity index (χ0n) is 8.99. The minimum atomic E-state index is -0.710. The minimum Gasteiger partial charge on any atom is -0.281 e. The Morgan fingerprint density at radius 1 is 0.944 bits per heavy atom. The van der Waals surface area contributed by atoms with Gasteiger partial charge in [-0.05, 0) is 29.0 Å². The molecule has 6 heteroatoms. The fourth-order valence-corrected chi connectivity index (χ4v) is 3.38. The highest BCUT2D eigenvalue weighted by Gasteiger charge is 2.14. The first-order valence-electron chi connectivity index (χ1n) is 5.08. The van der Waals surface area contributed by atoms with Crippen LogP contribution < -0.4 is 11.0 Å². The lowest BCUT2D eigenvalue weighted by Gasteiger charge is -1.72. The maximum absolute atomic E-state index is 10.8. The van der Waals surface area contributed by atoms with E-state index in [9.17, 15) is 9.59 Å². The molecule has 0 spiro atoms. The van der Waals surface area contributed by atoms with E-state index in [1.807, 2.05) is 0 Å². The van der Waals surface area contributed by atoms with Gasteiger partial charge in [0.25, 0.3) is 5.43 Å². The van der Waals surface area contributed by atoms with Crippen LogP contribution in [-0.2, 0) is 0 Å². The highest BCUT2D eigenvalue weighted by molar-refractivity contribution is 7.25. The number of hydrogen-bond acceptors (Lipinski definition) is 6. The third-order valence-electron chi connectivity index (χ3n) is 2.38. The molecule has 2 aromatic rings. The van der Waals surface area contributed by atoms with Crippen LogP contribution in [0.1, 0.15) is 0 Å². The first-order chi connectivity index (χ1) is 8.75. The van der Waals surface area contributed by atoms with Crippen LogP contribution in [0.25, 0.3) is 20.8 Å². The molecule has 4 nitrogen and oxygen atoms in total. The molecule has 0 aromatic carbocycles. The number of hydrogen-bond donors (Lipinski definition) is 0. The standard InChI is InChI=1S/C6H2N2O2.C6H4S2/c9-5-4-3(1-2-7-4)8-6(5)10;1-3-7-6-2-4-8-5(1)6/h1-2H;1-4H. The van der Waals surface area contributed by atoms with E-state index >= 15 is 0 Å². The summed E-state index contributed by atoms with van der Waals surface area (Å²) in [5.41, 5.74) is -0.724. The van der Waals surface area contributed by atoms with Crippen molar-refractivity contribution in [2.45, 2.75) is 0 Å². The van der Waals surface area contributed by atoms with Gasteiger partial charge in [0.05, 0.1) is 5.69 Å². The molecule has 0 bridgehead atoms. The van der Waals surface area contributed by atoms with Gasteiger partial charge in [-0.15, -0.1) is 22.7 Å². The van der Waals surface area contributed by atoms with Crippen LogP contribution in [0.4, 0.5) is 0 Å². The van der Waals surface area contributed by atoms with Crippen molar-refractivity contribution in [3.63, 3.8) is 0 Å². The van der Waals surface area contributed by atoms with Gasteiger partial charge in [-0.25, -0.2) is 4.98 Å². The van der Waals surface area contributed by atoms with Crippen LogP contribution in [0.5, 0.6) is 0 Å². The molecule has 0 fully saturated rings. The molecule has 88 valence electrons. The Balaban J connectivity index is 0.000000114. The second-order valence-corrected chi connectivity index (χ2v) is 5.39. The fraction of sp³-hybridized carbons (Fsp3) is 0. The van der Waals surface area contributed by atoms with Crippen molar-refractivity contribution in [1.82, 2.24) is 9.97 Å². The number of rotatable bonds is 0. The molecule has 0 atom stereocenters. The highest BCUT2D eigenvalue weighted by atomic mass is 32.1. The first-order valence-corrected chi connectivity index (χ1v) is 6.84. The van der Waals surface area contributed by atoms with E-state index in [1.165, 1.54) is 21.7 Å². The average molecular weight is 274 g/mol. The Bertz CT molecular complexity index is 788. The molecule has 4 heterocycles. The third kappa shape index (κ3) is 1.85. The normalized spacial score (nSPS) is 10.7. The van der Waals surface area contributed by atoms with Gasteiger partial charge < -0.3 is 0 Å². The summed E-state index contributed by atoms with van der Waals surface area (Å²) in [5.74, 6) is 0. The maximum Gasteiger partial charge on any atom is 0.320 e. The summed E-state index contributed by atoms with van der Waals surface area (Å²) < 4.78 is 2.82. The van der Waals surface area contributed by atoms with Gasteiger partial charge in [-0.1, -0.05) is 0 Å². The summed E-state index contributed by atoms with van der Waals surface area (Å²) in [6.07, 6.45) is 1.46. The zero-order chi connectivity index (χ0) is 12.5. The monoisotopic (exact) mass is 274 g/mol. The number of nitrogens with zero attached hydrogens (tertiary/aromatic N) is 2. The average Bonchev–Trinajstić information content (AvgIpc) is 3.05. The summed E-state index contributed by atoms with van der Waals surface area (Å²) in [6.45, 7) is 0. The van der Waals surface area contributed by atoms with Crippen molar-refractivity contribution in [2.24, 2.45) is 0 Å². The van der Waals surface area contributed by atoms with Crippen LogP contribution in [0.15, 0.2) is 44.7 Å². The molecule has 0 amide bonds. The molecule has 0 unspecified atom stereocenters. The summed E-state index contributed by atoms with van der Waals surface area (Å²) in [5, 5.41) is 4.25. The SMILES string of the molecule is O=c1nc2ccnc-2c1=O.c1cc2sccc2s1. The molecular weight excluding hydrogens is 268 g/mol. The topological polar surface area (TPSA) is 59.9 Å². The van der Waals surface area contributed by atoms with E-state index in [2.05, 4.69) is 32.9 Å². The van der Waals surface area contributed by atoms with Crippen LogP contribution in [-0.4, -0.2) is 9.97 Å². The summed E-state index contributed by atoms with van der Waals surface area (Å²) in [4.78, 5) is 28.4. The zero-order valence-corrected chi connectivity index (χ0v) is 10.6. The van der Waals surface area contributed by atoms with E-state index in [-0.39, 0.29) is 5.69 Å². The largest absolute Gasteiger partial charge is 0.320 e. The molecule has 0 saturated heterocycles. The van der Waals surface area contributed by atoms with Gasteiger partial charge in [0.2, 0.25) is 0 Å². The molecule has 0 N–H and O–H groups in total. The smallest absolute Gasteiger partial charge is 0.281 e.